The van der Waals surface area contributed by atoms with E-state index < -0.39 is 11.4 Å². The lowest BCUT2D eigenvalue weighted by atomic mass is 10.1. The summed E-state index contributed by atoms with van der Waals surface area (Å²) in [6, 6.07) is 0. The van der Waals surface area contributed by atoms with Crippen molar-refractivity contribution < 1.29 is 9.50 Å². The molecule has 0 aliphatic rings. The quantitative estimate of drug-likeness (QED) is 0.731. The molecule has 1 aromatic rings. The van der Waals surface area contributed by atoms with Gasteiger partial charge in [-0.2, -0.15) is 0 Å². The van der Waals surface area contributed by atoms with Gasteiger partial charge in [0.05, 0.1) is 18.0 Å². The van der Waals surface area contributed by atoms with Gasteiger partial charge < -0.3 is 10.4 Å². The predicted octanol–water partition coefficient (Wildman–Crippen LogP) is 0.798. The normalized spacial score (nSPS) is 11.4. The zero-order chi connectivity index (χ0) is 9.90. The minimum absolute atomic E-state index is 0.309. The highest BCUT2D eigenvalue weighted by Crippen LogP contribution is 2.03. The fourth-order valence-corrected chi connectivity index (χ4v) is 0.699. The Bertz CT molecular complexity index is 268. The number of hydrogen-bond acceptors (Lipinski definition) is 4. The number of nitrogens with zero attached hydrogens (tertiary/aromatic N) is 2. The second-order valence-electron chi connectivity index (χ2n) is 3.39. The first-order valence-electron chi connectivity index (χ1n) is 3.91. The van der Waals surface area contributed by atoms with Gasteiger partial charge >= 0.3 is 0 Å². The van der Waals surface area contributed by atoms with Crippen molar-refractivity contribution in [3.63, 3.8) is 0 Å². The highest BCUT2D eigenvalue weighted by Gasteiger charge is 2.12. The van der Waals surface area contributed by atoms with E-state index in [-0.39, 0.29) is 0 Å². The second kappa shape index (κ2) is 3.66. The molecule has 0 bridgehead atoms. The van der Waals surface area contributed by atoms with Gasteiger partial charge in [0, 0.05) is 6.54 Å². The third-order valence-corrected chi connectivity index (χ3v) is 1.30. The Morgan fingerprint density at radius 2 is 2.00 bits per heavy atom. The van der Waals surface area contributed by atoms with Gasteiger partial charge in [-0.3, -0.25) is 0 Å². The molecule has 0 aliphatic carbocycles. The molecule has 1 heterocycles. The van der Waals surface area contributed by atoms with E-state index >= 15 is 0 Å². The first kappa shape index (κ1) is 9.85. The molecule has 4 nitrogen and oxygen atoms in total. The number of hydrogen-bond donors (Lipinski definition) is 2. The van der Waals surface area contributed by atoms with Crippen LogP contribution in [0.15, 0.2) is 12.4 Å². The van der Waals surface area contributed by atoms with Crippen LogP contribution in [-0.4, -0.2) is 27.2 Å². The average Bonchev–Trinajstić information content (AvgIpc) is 2.02. The van der Waals surface area contributed by atoms with Crippen LogP contribution in [0.4, 0.5) is 10.3 Å². The van der Waals surface area contributed by atoms with Gasteiger partial charge in [0.2, 0.25) is 5.95 Å². The van der Waals surface area contributed by atoms with Crippen LogP contribution in [0.5, 0.6) is 0 Å². The van der Waals surface area contributed by atoms with Gasteiger partial charge in [0.15, 0.2) is 5.82 Å². The van der Waals surface area contributed by atoms with E-state index in [4.69, 9.17) is 0 Å². The summed E-state index contributed by atoms with van der Waals surface area (Å²) in [6.07, 6.45) is 2.14. The lowest BCUT2D eigenvalue weighted by molar-refractivity contribution is 0.0943. The molecule has 5 heteroatoms. The van der Waals surface area contributed by atoms with E-state index in [9.17, 15) is 9.50 Å². The van der Waals surface area contributed by atoms with E-state index in [1.807, 2.05) is 0 Å². The van der Waals surface area contributed by atoms with E-state index in [1.54, 1.807) is 13.8 Å². The predicted molar refractivity (Wildman–Crippen MR) is 46.8 cm³/mol. The van der Waals surface area contributed by atoms with Crippen molar-refractivity contribution in [1.82, 2.24) is 9.97 Å². The maximum absolute atomic E-state index is 12.4. The van der Waals surface area contributed by atoms with Crippen LogP contribution in [0.1, 0.15) is 13.8 Å². The average molecular weight is 185 g/mol. The number of anilines is 1. The summed E-state index contributed by atoms with van der Waals surface area (Å²) in [7, 11) is 0. The van der Waals surface area contributed by atoms with E-state index in [0.717, 1.165) is 12.4 Å². The van der Waals surface area contributed by atoms with Crippen molar-refractivity contribution in [2.45, 2.75) is 19.4 Å². The standard InChI is InChI=1S/C8H12FN3O/c1-8(2,13)5-12-7-10-3-6(9)4-11-7/h3-4,13H,5H2,1-2H3,(H,10,11,12). The zero-order valence-electron chi connectivity index (χ0n) is 7.58. The third kappa shape index (κ3) is 3.80. The SMILES string of the molecule is CC(C)(O)CNc1ncc(F)cn1. The molecular weight excluding hydrogens is 173 g/mol. The molecule has 0 radical (unpaired) electrons. The van der Waals surface area contributed by atoms with Crippen LogP contribution in [0.3, 0.4) is 0 Å². The maximum Gasteiger partial charge on any atom is 0.222 e. The first-order valence-corrected chi connectivity index (χ1v) is 3.91. The second-order valence-corrected chi connectivity index (χ2v) is 3.39. The molecule has 0 saturated carbocycles. The summed E-state index contributed by atoms with van der Waals surface area (Å²) >= 11 is 0. The number of halogens is 1. The third-order valence-electron chi connectivity index (χ3n) is 1.30. The molecule has 1 aromatic heterocycles. The van der Waals surface area contributed by atoms with E-state index in [2.05, 4.69) is 15.3 Å². The molecular formula is C8H12FN3O. The van der Waals surface area contributed by atoms with Crippen LogP contribution < -0.4 is 5.32 Å². The summed E-state index contributed by atoms with van der Waals surface area (Å²) in [5.74, 6) is -0.169. The molecule has 0 fully saturated rings. The fraction of sp³-hybridized carbons (Fsp3) is 0.500. The first-order chi connectivity index (χ1) is 5.97. The molecule has 72 valence electrons. The van der Waals surface area contributed by atoms with Crippen LogP contribution in [0.25, 0.3) is 0 Å². The summed E-state index contributed by atoms with van der Waals surface area (Å²) in [5.41, 5.74) is -0.836. The van der Waals surface area contributed by atoms with Crippen LogP contribution in [-0.2, 0) is 0 Å². The molecule has 2 N–H and O–H groups in total. The van der Waals surface area contributed by atoms with E-state index in [1.165, 1.54) is 0 Å². The number of aliphatic hydroxyl groups is 1. The molecule has 0 atom stereocenters. The van der Waals surface area contributed by atoms with E-state index in [0.29, 0.717) is 12.5 Å². The number of rotatable bonds is 3. The van der Waals surface area contributed by atoms with Crippen LogP contribution >= 0.6 is 0 Å². The summed E-state index contributed by atoms with van der Waals surface area (Å²) in [4.78, 5) is 7.35. The topological polar surface area (TPSA) is 58.0 Å². The lowest BCUT2D eigenvalue weighted by Gasteiger charge is -2.17. The smallest absolute Gasteiger partial charge is 0.222 e. The highest BCUT2D eigenvalue weighted by atomic mass is 19.1. The Kier molecular flexibility index (Phi) is 2.77. The molecule has 0 aliphatic heterocycles. The summed E-state index contributed by atoms with van der Waals surface area (Å²) in [5, 5.41) is 12.1. The Morgan fingerprint density at radius 1 is 1.46 bits per heavy atom. The molecule has 0 unspecified atom stereocenters. The summed E-state index contributed by atoms with van der Waals surface area (Å²) < 4.78 is 12.4. The fourth-order valence-electron chi connectivity index (χ4n) is 0.699. The molecule has 1 rings (SSSR count). The van der Waals surface area contributed by atoms with Crippen molar-refractivity contribution in [2.24, 2.45) is 0 Å². The largest absolute Gasteiger partial charge is 0.389 e. The molecule has 0 amide bonds. The number of aromatic nitrogens is 2. The Hall–Kier alpha value is -1.23. The number of nitrogens with one attached hydrogen (secondary N) is 1. The van der Waals surface area contributed by atoms with Crippen molar-refractivity contribution in [2.75, 3.05) is 11.9 Å². The highest BCUT2D eigenvalue weighted by molar-refractivity contribution is 5.22. The zero-order valence-corrected chi connectivity index (χ0v) is 7.58. The maximum atomic E-state index is 12.4. The van der Waals surface area contributed by atoms with Gasteiger partial charge in [0.1, 0.15) is 0 Å². The minimum atomic E-state index is -0.836. The monoisotopic (exact) mass is 185 g/mol. The summed E-state index contributed by atoms with van der Waals surface area (Å²) in [6.45, 7) is 3.63. The van der Waals surface area contributed by atoms with Gasteiger partial charge in [-0.05, 0) is 13.8 Å². The van der Waals surface area contributed by atoms with Crippen LogP contribution in [0, 0.1) is 5.82 Å². The van der Waals surface area contributed by atoms with Gasteiger partial charge in [0.25, 0.3) is 0 Å². The van der Waals surface area contributed by atoms with Gasteiger partial charge in [-0.25, -0.2) is 14.4 Å². The molecule has 13 heavy (non-hydrogen) atoms. The van der Waals surface area contributed by atoms with Crippen molar-refractivity contribution in [3.8, 4) is 0 Å². The molecule has 0 saturated heterocycles. The van der Waals surface area contributed by atoms with Crippen LogP contribution in [0.2, 0.25) is 0 Å². The van der Waals surface area contributed by atoms with Crippen molar-refractivity contribution >= 4 is 5.95 Å². The Labute approximate surface area is 75.8 Å². The van der Waals surface area contributed by atoms with Crippen molar-refractivity contribution in [1.29, 1.82) is 0 Å². The molecule has 0 aromatic carbocycles. The Morgan fingerprint density at radius 3 is 2.46 bits per heavy atom. The van der Waals surface area contributed by atoms with Gasteiger partial charge in [-0.1, -0.05) is 0 Å². The minimum Gasteiger partial charge on any atom is -0.389 e. The van der Waals surface area contributed by atoms with Gasteiger partial charge in [-0.15, -0.1) is 0 Å². The van der Waals surface area contributed by atoms with Crippen molar-refractivity contribution in [3.05, 3.63) is 18.2 Å². The molecule has 0 spiro atoms. The lowest BCUT2D eigenvalue weighted by Crippen LogP contribution is -2.29. The Balaban J connectivity index is 2.51.